The van der Waals surface area contributed by atoms with Crippen LogP contribution in [0.5, 0.6) is 0 Å². The first-order chi connectivity index (χ1) is 6.99. The lowest BCUT2D eigenvalue weighted by Crippen LogP contribution is -2.42. The van der Waals surface area contributed by atoms with E-state index in [0.717, 1.165) is 32.4 Å². The van der Waals surface area contributed by atoms with Crippen LogP contribution < -0.4 is 5.73 Å². The molecular weight excluding hydrogens is 188 g/mol. The van der Waals surface area contributed by atoms with Gasteiger partial charge < -0.3 is 10.6 Å². The summed E-state index contributed by atoms with van der Waals surface area (Å²) in [6, 6.07) is 0. The zero-order chi connectivity index (χ0) is 11.9. The number of rotatable bonds is 7. The lowest BCUT2D eigenvalue weighted by molar-refractivity contribution is -0.140. The summed E-state index contributed by atoms with van der Waals surface area (Å²) in [5.74, 6) is 0.264. The van der Waals surface area contributed by atoms with E-state index in [4.69, 9.17) is 5.73 Å². The van der Waals surface area contributed by atoms with Gasteiger partial charge in [-0.1, -0.05) is 27.7 Å². The highest BCUT2D eigenvalue weighted by Gasteiger charge is 2.29. The molecule has 0 atom stereocenters. The van der Waals surface area contributed by atoms with E-state index in [0.29, 0.717) is 6.54 Å². The van der Waals surface area contributed by atoms with Crippen molar-refractivity contribution in [3.63, 3.8) is 0 Å². The maximum atomic E-state index is 12.2. The lowest BCUT2D eigenvalue weighted by atomic mass is 9.88. The third-order valence-electron chi connectivity index (χ3n) is 2.88. The molecule has 0 heterocycles. The van der Waals surface area contributed by atoms with Crippen LogP contribution in [0.2, 0.25) is 0 Å². The third kappa shape index (κ3) is 4.65. The normalized spacial score (nSPS) is 11.5. The van der Waals surface area contributed by atoms with Crippen molar-refractivity contribution in [3.05, 3.63) is 0 Å². The molecule has 0 aliphatic heterocycles. The first kappa shape index (κ1) is 14.4. The van der Waals surface area contributed by atoms with Gasteiger partial charge in [-0.3, -0.25) is 4.79 Å². The van der Waals surface area contributed by atoms with Gasteiger partial charge in [0, 0.05) is 18.5 Å². The molecule has 90 valence electrons. The fraction of sp³-hybridized carbons (Fsp3) is 0.917. The number of hydrogen-bond donors (Lipinski definition) is 1. The monoisotopic (exact) mass is 214 g/mol. The highest BCUT2D eigenvalue weighted by Crippen LogP contribution is 2.23. The summed E-state index contributed by atoms with van der Waals surface area (Å²) in [5.41, 5.74) is 5.24. The van der Waals surface area contributed by atoms with Gasteiger partial charge >= 0.3 is 0 Å². The maximum absolute atomic E-state index is 12.2. The molecule has 0 saturated heterocycles. The molecular formula is C12H26N2O. The van der Waals surface area contributed by atoms with Crippen molar-refractivity contribution in [1.82, 2.24) is 4.90 Å². The molecule has 3 heteroatoms. The molecule has 0 aromatic rings. The molecule has 0 bridgehead atoms. The van der Waals surface area contributed by atoms with Crippen LogP contribution in [0.4, 0.5) is 0 Å². The van der Waals surface area contributed by atoms with E-state index in [9.17, 15) is 4.79 Å². The molecule has 1 amide bonds. The quantitative estimate of drug-likeness (QED) is 0.704. The van der Waals surface area contributed by atoms with E-state index in [1.165, 1.54) is 0 Å². The van der Waals surface area contributed by atoms with E-state index in [1.807, 2.05) is 18.7 Å². The fourth-order valence-corrected chi connectivity index (χ4v) is 1.45. The van der Waals surface area contributed by atoms with Crippen LogP contribution in [0.25, 0.3) is 0 Å². The molecule has 0 fully saturated rings. The van der Waals surface area contributed by atoms with E-state index in [-0.39, 0.29) is 11.3 Å². The van der Waals surface area contributed by atoms with Crippen molar-refractivity contribution in [2.24, 2.45) is 11.1 Å². The van der Waals surface area contributed by atoms with Crippen molar-refractivity contribution in [2.45, 2.75) is 47.0 Å². The number of nitrogens with two attached hydrogens (primary N) is 1. The van der Waals surface area contributed by atoms with Crippen molar-refractivity contribution in [2.75, 3.05) is 19.6 Å². The summed E-state index contributed by atoms with van der Waals surface area (Å²) in [6.07, 6.45) is 2.79. The summed E-state index contributed by atoms with van der Waals surface area (Å²) in [4.78, 5) is 14.1. The van der Waals surface area contributed by atoms with Crippen LogP contribution in [-0.2, 0) is 4.79 Å². The second kappa shape index (κ2) is 6.83. The predicted octanol–water partition coefficient (Wildman–Crippen LogP) is 2.01. The van der Waals surface area contributed by atoms with Gasteiger partial charge in [0.1, 0.15) is 0 Å². The minimum atomic E-state index is -0.232. The highest BCUT2D eigenvalue weighted by molar-refractivity contribution is 5.81. The minimum absolute atomic E-state index is 0.232. The van der Waals surface area contributed by atoms with Crippen LogP contribution in [0, 0.1) is 5.41 Å². The summed E-state index contributed by atoms with van der Waals surface area (Å²) in [5, 5.41) is 0. The van der Waals surface area contributed by atoms with Gasteiger partial charge in [-0.15, -0.1) is 0 Å². The number of hydrogen-bond acceptors (Lipinski definition) is 2. The Morgan fingerprint density at radius 1 is 1.27 bits per heavy atom. The van der Waals surface area contributed by atoms with Gasteiger partial charge in [0.2, 0.25) is 5.91 Å². The van der Waals surface area contributed by atoms with Crippen LogP contribution in [-0.4, -0.2) is 30.4 Å². The number of nitrogens with zero attached hydrogens (tertiary/aromatic N) is 1. The van der Waals surface area contributed by atoms with Gasteiger partial charge in [-0.25, -0.2) is 0 Å². The van der Waals surface area contributed by atoms with Crippen molar-refractivity contribution >= 4 is 5.91 Å². The average molecular weight is 214 g/mol. The van der Waals surface area contributed by atoms with E-state index >= 15 is 0 Å². The van der Waals surface area contributed by atoms with Gasteiger partial charge in [-0.2, -0.15) is 0 Å². The Bertz CT molecular complexity index is 190. The summed E-state index contributed by atoms with van der Waals surface area (Å²) >= 11 is 0. The largest absolute Gasteiger partial charge is 0.342 e. The molecule has 0 aliphatic rings. The van der Waals surface area contributed by atoms with Crippen molar-refractivity contribution in [3.8, 4) is 0 Å². The molecule has 0 aliphatic carbocycles. The standard InChI is InChI=1S/C12H26N2O/c1-5-9-14(10-7-8-13)11(15)12(3,4)6-2/h5-10,13H2,1-4H3. The Kier molecular flexibility index (Phi) is 6.57. The van der Waals surface area contributed by atoms with Crippen LogP contribution in [0.3, 0.4) is 0 Å². The van der Waals surface area contributed by atoms with Gasteiger partial charge in [0.05, 0.1) is 0 Å². The number of amides is 1. The second-order valence-electron chi connectivity index (χ2n) is 4.67. The fourth-order valence-electron chi connectivity index (χ4n) is 1.45. The summed E-state index contributed by atoms with van der Waals surface area (Å²) in [7, 11) is 0. The molecule has 0 saturated carbocycles. The van der Waals surface area contributed by atoms with Crippen LogP contribution >= 0.6 is 0 Å². The smallest absolute Gasteiger partial charge is 0.228 e. The van der Waals surface area contributed by atoms with Crippen molar-refractivity contribution < 1.29 is 4.79 Å². The molecule has 2 N–H and O–H groups in total. The molecule has 0 unspecified atom stereocenters. The highest BCUT2D eigenvalue weighted by atomic mass is 16.2. The van der Waals surface area contributed by atoms with E-state index < -0.39 is 0 Å². The maximum Gasteiger partial charge on any atom is 0.228 e. The van der Waals surface area contributed by atoms with Crippen LogP contribution in [0.15, 0.2) is 0 Å². The Labute approximate surface area is 94.0 Å². The Morgan fingerprint density at radius 2 is 1.87 bits per heavy atom. The molecule has 0 aromatic carbocycles. The van der Waals surface area contributed by atoms with Crippen molar-refractivity contribution in [1.29, 1.82) is 0 Å². The molecule has 0 radical (unpaired) electrons. The topological polar surface area (TPSA) is 46.3 Å². The zero-order valence-electron chi connectivity index (χ0n) is 10.7. The predicted molar refractivity (Wildman–Crippen MR) is 64.6 cm³/mol. The number of carbonyl (C=O) groups is 1. The lowest BCUT2D eigenvalue weighted by Gasteiger charge is -2.31. The molecule has 3 nitrogen and oxygen atoms in total. The summed E-state index contributed by atoms with van der Waals surface area (Å²) in [6.45, 7) is 10.5. The van der Waals surface area contributed by atoms with Gasteiger partial charge in [0.15, 0.2) is 0 Å². The molecule has 0 rings (SSSR count). The first-order valence-corrected chi connectivity index (χ1v) is 5.99. The number of carbonyl (C=O) groups excluding carboxylic acids is 1. The molecule has 0 aromatic heterocycles. The second-order valence-corrected chi connectivity index (χ2v) is 4.67. The van der Waals surface area contributed by atoms with Gasteiger partial charge in [-0.05, 0) is 25.8 Å². The summed E-state index contributed by atoms with van der Waals surface area (Å²) < 4.78 is 0. The zero-order valence-corrected chi connectivity index (χ0v) is 10.7. The average Bonchev–Trinajstić information content (AvgIpc) is 2.23. The van der Waals surface area contributed by atoms with Crippen LogP contribution in [0.1, 0.15) is 47.0 Å². The molecule has 15 heavy (non-hydrogen) atoms. The van der Waals surface area contributed by atoms with E-state index in [2.05, 4.69) is 13.8 Å². The minimum Gasteiger partial charge on any atom is -0.342 e. The third-order valence-corrected chi connectivity index (χ3v) is 2.88. The van der Waals surface area contributed by atoms with E-state index in [1.54, 1.807) is 0 Å². The SMILES string of the molecule is CCCN(CCCN)C(=O)C(C)(C)CC. The Balaban J connectivity index is 4.40. The van der Waals surface area contributed by atoms with Gasteiger partial charge in [0.25, 0.3) is 0 Å². The Hall–Kier alpha value is -0.570. The Morgan fingerprint density at radius 3 is 2.27 bits per heavy atom. The first-order valence-electron chi connectivity index (χ1n) is 5.99. The molecule has 0 spiro atoms.